The third-order valence-electron chi connectivity index (χ3n) is 3.45. The van der Waals surface area contributed by atoms with Gasteiger partial charge in [0, 0.05) is 12.6 Å². The maximum Gasteiger partial charge on any atom is 0.172 e. The largest absolute Gasteiger partial charge is 0.503 e. The van der Waals surface area contributed by atoms with E-state index in [0.717, 1.165) is 12.1 Å². The first-order valence-corrected chi connectivity index (χ1v) is 8.20. The number of benzene rings is 1. The van der Waals surface area contributed by atoms with E-state index in [0.29, 0.717) is 16.3 Å². The number of nitrogens with one attached hydrogen (secondary N) is 1. The summed E-state index contributed by atoms with van der Waals surface area (Å²) in [6.07, 6.45) is 6.13. The SMILES string of the molecule is CCCCC(CCC)NCc1cc(Br)c(O)c(OC)c1. The van der Waals surface area contributed by atoms with Gasteiger partial charge in [-0.05, 0) is 46.5 Å². The maximum atomic E-state index is 9.81. The molecular formula is C16H26BrNO2. The topological polar surface area (TPSA) is 41.5 Å². The van der Waals surface area contributed by atoms with Gasteiger partial charge in [-0.25, -0.2) is 0 Å². The molecule has 0 radical (unpaired) electrons. The van der Waals surface area contributed by atoms with Gasteiger partial charge in [-0.1, -0.05) is 33.1 Å². The number of phenolic OH excluding ortho intramolecular Hbond substituents is 1. The van der Waals surface area contributed by atoms with E-state index in [9.17, 15) is 5.11 Å². The molecular weight excluding hydrogens is 318 g/mol. The third kappa shape index (κ3) is 5.33. The summed E-state index contributed by atoms with van der Waals surface area (Å²) in [5, 5.41) is 13.4. The van der Waals surface area contributed by atoms with Crippen LogP contribution in [0.1, 0.15) is 51.5 Å². The van der Waals surface area contributed by atoms with Gasteiger partial charge in [-0.15, -0.1) is 0 Å². The molecule has 0 fully saturated rings. The van der Waals surface area contributed by atoms with Crippen LogP contribution >= 0.6 is 15.9 Å². The van der Waals surface area contributed by atoms with Crippen LogP contribution in [0.3, 0.4) is 0 Å². The number of hydrogen-bond acceptors (Lipinski definition) is 3. The fourth-order valence-corrected chi connectivity index (χ4v) is 2.78. The van der Waals surface area contributed by atoms with Crippen LogP contribution in [-0.2, 0) is 6.54 Å². The van der Waals surface area contributed by atoms with Crippen molar-refractivity contribution in [3.8, 4) is 11.5 Å². The lowest BCUT2D eigenvalue weighted by atomic mass is 10.0. The minimum absolute atomic E-state index is 0.160. The first kappa shape index (κ1) is 17.3. The van der Waals surface area contributed by atoms with Gasteiger partial charge in [0.05, 0.1) is 11.6 Å². The number of ether oxygens (including phenoxy) is 1. The molecule has 0 spiro atoms. The molecule has 0 heterocycles. The van der Waals surface area contributed by atoms with Crippen LogP contribution < -0.4 is 10.1 Å². The predicted molar refractivity (Wildman–Crippen MR) is 87.4 cm³/mol. The van der Waals surface area contributed by atoms with Crippen LogP contribution in [-0.4, -0.2) is 18.3 Å². The summed E-state index contributed by atoms with van der Waals surface area (Å²) in [5.41, 5.74) is 1.11. The van der Waals surface area contributed by atoms with Crippen LogP contribution in [0.4, 0.5) is 0 Å². The number of methoxy groups -OCH3 is 1. The van der Waals surface area contributed by atoms with Crippen molar-refractivity contribution in [2.45, 2.75) is 58.5 Å². The number of aromatic hydroxyl groups is 1. The molecule has 0 saturated carbocycles. The van der Waals surface area contributed by atoms with E-state index in [-0.39, 0.29) is 5.75 Å². The van der Waals surface area contributed by atoms with Crippen molar-refractivity contribution in [2.75, 3.05) is 7.11 Å². The minimum atomic E-state index is 0.160. The average molecular weight is 344 g/mol. The van der Waals surface area contributed by atoms with E-state index < -0.39 is 0 Å². The lowest BCUT2D eigenvalue weighted by Gasteiger charge is -2.18. The van der Waals surface area contributed by atoms with Crippen molar-refractivity contribution in [2.24, 2.45) is 0 Å². The summed E-state index contributed by atoms with van der Waals surface area (Å²) >= 11 is 3.36. The third-order valence-corrected chi connectivity index (χ3v) is 4.05. The fourth-order valence-electron chi connectivity index (χ4n) is 2.29. The van der Waals surface area contributed by atoms with Crippen molar-refractivity contribution in [3.05, 3.63) is 22.2 Å². The summed E-state index contributed by atoms with van der Waals surface area (Å²) in [4.78, 5) is 0. The molecule has 2 N–H and O–H groups in total. The van der Waals surface area contributed by atoms with Crippen molar-refractivity contribution in [3.63, 3.8) is 0 Å². The van der Waals surface area contributed by atoms with Crippen LogP contribution in [0.15, 0.2) is 16.6 Å². The second-order valence-electron chi connectivity index (χ2n) is 5.14. The minimum Gasteiger partial charge on any atom is -0.503 e. The Morgan fingerprint density at radius 1 is 1.25 bits per heavy atom. The van der Waals surface area contributed by atoms with Crippen LogP contribution in [0.25, 0.3) is 0 Å². The lowest BCUT2D eigenvalue weighted by molar-refractivity contribution is 0.370. The highest BCUT2D eigenvalue weighted by Gasteiger charge is 2.10. The van der Waals surface area contributed by atoms with Crippen molar-refractivity contribution in [1.82, 2.24) is 5.32 Å². The Balaban J connectivity index is 2.65. The Kier molecular flexibility index (Phi) is 8.00. The average Bonchev–Trinajstić information content (AvgIpc) is 2.45. The lowest BCUT2D eigenvalue weighted by Crippen LogP contribution is -2.28. The highest BCUT2D eigenvalue weighted by atomic mass is 79.9. The molecule has 114 valence electrons. The molecule has 1 atom stereocenters. The Morgan fingerprint density at radius 3 is 2.60 bits per heavy atom. The fraction of sp³-hybridized carbons (Fsp3) is 0.625. The second kappa shape index (κ2) is 9.24. The first-order chi connectivity index (χ1) is 9.62. The van der Waals surface area contributed by atoms with E-state index in [1.54, 1.807) is 7.11 Å². The molecule has 0 aromatic heterocycles. The molecule has 0 saturated heterocycles. The molecule has 1 aromatic rings. The summed E-state index contributed by atoms with van der Waals surface area (Å²) in [7, 11) is 1.57. The highest BCUT2D eigenvalue weighted by molar-refractivity contribution is 9.10. The number of unbranched alkanes of at least 4 members (excludes halogenated alkanes) is 1. The van der Waals surface area contributed by atoms with Crippen LogP contribution in [0, 0.1) is 0 Å². The highest BCUT2D eigenvalue weighted by Crippen LogP contribution is 2.35. The van der Waals surface area contributed by atoms with Crippen molar-refractivity contribution in [1.29, 1.82) is 0 Å². The smallest absolute Gasteiger partial charge is 0.172 e. The Bertz CT molecular complexity index is 410. The van der Waals surface area contributed by atoms with E-state index in [1.165, 1.54) is 32.1 Å². The molecule has 0 aliphatic carbocycles. The second-order valence-corrected chi connectivity index (χ2v) is 5.99. The quantitative estimate of drug-likeness (QED) is 0.687. The molecule has 1 unspecified atom stereocenters. The Hall–Kier alpha value is -0.740. The Morgan fingerprint density at radius 2 is 2.00 bits per heavy atom. The summed E-state index contributed by atoms with van der Waals surface area (Å²) < 4.78 is 5.85. The van der Waals surface area contributed by atoms with Gasteiger partial charge in [-0.3, -0.25) is 0 Å². The van der Waals surface area contributed by atoms with Gasteiger partial charge in [0.1, 0.15) is 0 Å². The van der Waals surface area contributed by atoms with Gasteiger partial charge in [-0.2, -0.15) is 0 Å². The van der Waals surface area contributed by atoms with Crippen molar-refractivity contribution < 1.29 is 9.84 Å². The molecule has 20 heavy (non-hydrogen) atoms. The number of halogens is 1. The molecule has 0 amide bonds. The molecule has 0 bridgehead atoms. The zero-order chi connectivity index (χ0) is 15.0. The maximum absolute atomic E-state index is 9.81. The molecule has 0 aliphatic rings. The monoisotopic (exact) mass is 343 g/mol. The van der Waals surface area contributed by atoms with Gasteiger partial charge >= 0.3 is 0 Å². The molecule has 1 rings (SSSR count). The first-order valence-electron chi connectivity index (χ1n) is 7.41. The number of hydrogen-bond donors (Lipinski definition) is 2. The normalized spacial score (nSPS) is 12.4. The summed E-state index contributed by atoms with van der Waals surface area (Å²) in [5.74, 6) is 0.670. The van der Waals surface area contributed by atoms with Crippen LogP contribution in [0.5, 0.6) is 11.5 Å². The summed E-state index contributed by atoms with van der Waals surface area (Å²) in [6.45, 7) is 5.25. The zero-order valence-electron chi connectivity index (χ0n) is 12.7. The molecule has 3 nitrogen and oxygen atoms in total. The van der Waals surface area contributed by atoms with E-state index in [2.05, 4.69) is 35.1 Å². The van der Waals surface area contributed by atoms with E-state index >= 15 is 0 Å². The van der Waals surface area contributed by atoms with Gasteiger partial charge in [0.15, 0.2) is 11.5 Å². The van der Waals surface area contributed by atoms with Gasteiger partial charge in [0.2, 0.25) is 0 Å². The van der Waals surface area contributed by atoms with Crippen LogP contribution in [0.2, 0.25) is 0 Å². The molecule has 0 aliphatic heterocycles. The predicted octanol–water partition coefficient (Wildman–Crippen LogP) is 4.61. The number of rotatable bonds is 9. The standard InChI is InChI=1S/C16H26BrNO2/c1-4-6-8-13(7-5-2)18-11-12-9-14(17)16(19)15(10-12)20-3/h9-10,13,18-19H,4-8,11H2,1-3H3. The molecule has 4 heteroatoms. The van der Waals surface area contributed by atoms with Gasteiger partial charge < -0.3 is 15.2 Å². The van der Waals surface area contributed by atoms with E-state index in [4.69, 9.17) is 4.74 Å². The summed E-state index contributed by atoms with van der Waals surface area (Å²) in [6, 6.07) is 4.39. The van der Waals surface area contributed by atoms with Crippen molar-refractivity contribution >= 4 is 15.9 Å². The Labute approximate surface area is 130 Å². The molecule has 1 aromatic carbocycles. The number of phenols is 1. The van der Waals surface area contributed by atoms with E-state index in [1.807, 2.05) is 12.1 Å². The zero-order valence-corrected chi connectivity index (χ0v) is 14.3. The van der Waals surface area contributed by atoms with Gasteiger partial charge in [0.25, 0.3) is 0 Å².